The second kappa shape index (κ2) is 9.49. The first-order valence-electron chi connectivity index (χ1n) is 11.6. The van der Waals surface area contributed by atoms with Crippen molar-refractivity contribution in [2.75, 3.05) is 19.6 Å². The molecule has 2 aliphatic rings. The number of likely N-dealkylation sites (tertiary alicyclic amines) is 1. The first-order valence-corrected chi connectivity index (χ1v) is 13.4. The lowest BCUT2D eigenvalue weighted by Gasteiger charge is -2.24. The molecular weight excluding hydrogens is 450 g/mol. The molecule has 1 fully saturated rings. The maximum absolute atomic E-state index is 13.5. The maximum atomic E-state index is 13.5. The lowest BCUT2D eigenvalue weighted by atomic mass is 10.0. The van der Waals surface area contributed by atoms with Gasteiger partial charge in [-0.05, 0) is 56.4 Å². The summed E-state index contributed by atoms with van der Waals surface area (Å²) < 4.78 is 2.13. The van der Waals surface area contributed by atoms with Gasteiger partial charge in [0, 0.05) is 51.5 Å². The van der Waals surface area contributed by atoms with E-state index in [0.717, 1.165) is 47.9 Å². The van der Waals surface area contributed by atoms with Crippen molar-refractivity contribution in [1.82, 2.24) is 14.8 Å². The number of nitrogens with one attached hydrogen (secondary N) is 1. The zero-order valence-electron chi connectivity index (χ0n) is 19.0. The number of amides is 1. The van der Waals surface area contributed by atoms with Crippen LogP contribution in [0.15, 0.2) is 57.5 Å². The number of carbonyl (C=O) groups excluding carboxylic acids is 1. The Morgan fingerprint density at radius 3 is 2.85 bits per heavy atom. The SMILES string of the molecule is CCN1CCC[C@@H]1CNC(=O)c1c2n(c(C)cc1=O)-c1ccccc1S[C@@H](c1cccs1)C2. The minimum Gasteiger partial charge on any atom is -0.350 e. The molecule has 2 atom stereocenters. The summed E-state index contributed by atoms with van der Waals surface area (Å²) >= 11 is 3.54. The van der Waals surface area contributed by atoms with Crippen molar-refractivity contribution in [3.05, 3.63) is 79.9 Å². The minimum atomic E-state index is -0.249. The van der Waals surface area contributed by atoms with E-state index >= 15 is 0 Å². The number of fused-ring (bicyclic) bond motifs is 3. The van der Waals surface area contributed by atoms with Crippen molar-refractivity contribution in [1.29, 1.82) is 0 Å². The molecule has 5 rings (SSSR count). The van der Waals surface area contributed by atoms with Gasteiger partial charge >= 0.3 is 0 Å². The van der Waals surface area contributed by atoms with E-state index in [2.05, 4.69) is 57.4 Å². The highest BCUT2D eigenvalue weighted by Crippen LogP contribution is 2.45. The molecule has 172 valence electrons. The summed E-state index contributed by atoms with van der Waals surface area (Å²) in [5.41, 5.74) is 2.81. The van der Waals surface area contributed by atoms with Crippen molar-refractivity contribution in [3.8, 4) is 5.69 Å². The Labute approximate surface area is 202 Å². The quantitative estimate of drug-likeness (QED) is 0.571. The molecule has 5 nitrogen and oxygen atoms in total. The van der Waals surface area contributed by atoms with Gasteiger partial charge in [-0.1, -0.05) is 25.1 Å². The largest absolute Gasteiger partial charge is 0.350 e. The number of aryl methyl sites for hydroxylation is 1. The second-order valence-electron chi connectivity index (χ2n) is 8.74. The molecule has 4 heterocycles. The van der Waals surface area contributed by atoms with E-state index in [0.29, 0.717) is 24.6 Å². The van der Waals surface area contributed by atoms with Crippen LogP contribution in [0.2, 0.25) is 0 Å². The molecule has 0 aliphatic carbocycles. The smallest absolute Gasteiger partial charge is 0.257 e. The normalized spacial score (nSPS) is 20.2. The Bertz CT molecular complexity index is 1220. The number of hydrogen-bond acceptors (Lipinski definition) is 5. The fourth-order valence-corrected chi connectivity index (χ4v) is 7.35. The summed E-state index contributed by atoms with van der Waals surface area (Å²) in [6.45, 7) is 6.76. The number of nitrogens with zero attached hydrogens (tertiary/aromatic N) is 2. The van der Waals surface area contributed by atoms with Crippen LogP contribution in [-0.2, 0) is 6.42 Å². The van der Waals surface area contributed by atoms with E-state index in [-0.39, 0.29) is 16.6 Å². The monoisotopic (exact) mass is 479 g/mol. The number of rotatable bonds is 5. The highest BCUT2D eigenvalue weighted by Gasteiger charge is 2.30. The van der Waals surface area contributed by atoms with Crippen LogP contribution in [-0.4, -0.2) is 41.1 Å². The fourth-order valence-electron chi connectivity index (χ4n) is 5.15. The van der Waals surface area contributed by atoms with Crippen LogP contribution in [0.3, 0.4) is 0 Å². The van der Waals surface area contributed by atoms with Gasteiger partial charge in [0.05, 0.1) is 5.69 Å². The van der Waals surface area contributed by atoms with Crippen LogP contribution >= 0.6 is 23.1 Å². The molecule has 0 radical (unpaired) electrons. The third kappa shape index (κ3) is 4.29. The summed E-state index contributed by atoms with van der Waals surface area (Å²) in [4.78, 5) is 31.5. The highest BCUT2D eigenvalue weighted by atomic mass is 32.2. The van der Waals surface area contributed by atoms with Gasteiger partial charge in [-0.15, -0.1) is 23.1 Å². The third-order valence-corrected chi connectivity index (χ3v) is 9.18. The number of carbonyl (C=O) groups is 1. The minimum absolute atomic E-state index is 0.151. The Hall–Kier alpha value is -2.35. The summed E-state index contributed by atoms with van der Waals surface area (Å²) in [7, 11) is 0. The Balaban J connectivity index is 1.57. The number of hydrogen-bond donors (Lipinski definition) is 1. The van der Waals surface area contributed by atoms with Gasteiger partial charge < -0.3 is 9.88 Å². The summed E-state index contributed by atoms with van der Waals surface area (Å²) in [5, 5.41) is 5.35. The van der Waals surface area contributed by atoms with Crippen LogP contribution in [0.25, 0.3) is 5.69 Å². The topological polar surface area (TPSA) is 54.3 Å². The average molecular weight is 480 g/mol. The molecular formula is C26H29N3O2S2. The van der Waals surface area contributed by atoms with E-state index in [4.69, 9.17) is 0 Å². The first-order chi connectivity index (χ1) is 16.1. The molecule has 0 unspecified atom stereocenters. The van der Waals surface area contributed by atoms with Crippen molar-refractivity contribution >= 4 is 29.0 Å². The predicted molar refractivity (Wildman–Crippen MR) is 136 cm³/mol. The van der Waals surface area contributed by atoms with Crippen molar-refractivity contribution in [2.24, 2.45) is 0 Å². The van der Waals surface area contributed by atoms with Gasteiger partial charge in [-0.25, -0.2) is 0 Å². The molecule has 2 aliphatic heterocycles. The summed E-state index contributed by atoms with van der Waals surface area (Å²) in [5.74, 6) is -0.249. The van der Waals surface area contributed by atoms with E-state index in [9.17, 15) is 9.59 Å². The lowest BCUT2D eigenvalue weighted by Crippen LogP contribution is -2.41. The van der Waals surface area contributed by atoms with Crippen molar-refractivity contribution < 1.29 is 4.79 Å². The molecule has 0 bridgehead atoms. The number of benzene rings is 1. The zero-order chi connectivity index (χ0) is 22.9. The molecule has 2 aromatic heterocycles. The lowest BCUT2D eigenvalue weighted by molar-refractivity contribution is 0.0938. The highest BCUT2D eigenvalue weighted by molar-refractivity contribution is 7.99. The van der Waals surface area contributed by atoms with Crippen LogP contribution in [0.5, 0.6) is 0 Å². The molecule has 1 amide bonds. The van der Waals surface area contributed by atoms with Gasteiger partial charge in [-0.3, -0.25) is 14.5 Å². The molecule has 1 saturated heterocycles. The number of thioether (sulfide) groups is 1. The zero-order valence-corrected chi connectivity index (χ0v) is 20.7. The number of aromatic nitrogens is 1. The van der Waals surface area contributed by atoms with Gasteiger partial charge in [0.2, 0.25) is 0 Å². The second-order valence-corrected chi connectivity index (χ2v) is 11.0. The third-order valence-electron chi connectivity index (χ3n) is 6.74. The molecule has 7 heteroatoms. The van der Waals surface area contributed by atoms with E-state index in [1.54, 1.807) is 17.4 Å². The molecule has 1 N–H and O–H groups in total. The first kappa shape index (κ1) is 22.4. The Morgan fingerprint density at radius 2 is 2.06 bits per heavy atom. The predicted octanol–water partition coefficient (Wildman–Crippen LogP) is 4.81. The molecule has 1 aromatic carbocycles. The molecule has 33 heavy (non-hydrogen) atoms. The Kier molecular flexibility index (Phi) is 6.45. The van der Waals surface area contributed by atoms with Gasteiger partial charge in [0.1, 0.15) is 5.56 Å². The van der Waals surface area contributed by atoms with Gasteiger partial charge in [-0.2, -0.15) is 0 Å². The molecule has 0 spiro atoms. The molecule has 3 aromatic rings. The fraction of sp³-hybridized carbons (Fsp3) is 0.385. The van der Waals surface area contributed by atoms with Gasteiger partial charge in [0.25, 0.3) is 5.91 Å². The number of thiophene rings is 1. The van der Waals surface area contributed by atoms with Crippen molar-refractivity contribution in [3.63, 3.8) is 0 Å². The van der Waals surface area contributed by atoms with Crippen LogP contribution < -0.4 is 10.7 Å². The van der Waals surface area contributed by atoms with E-state index < -0.39 is 0 Å². The van der Waals surface area contributed by atoms with Crippen molar-refractivity contribution in [2.45, 2.75) is 49.3 Å². The van der Waals surface area contributed by atoms with E-state index in [1.807, 2.05) is 24.8 Å². The van der Waals surface area contributed by atoms with Crippen LogP contribution in [0, 0.1) is 6.92 Å². The average Bonchev–Trinajstić information content (AvgIpc) is 3.47. The van der Waals surface area contributed by atoms with Gasteiger partial charge in [0.15, 0.2) is 5.43 Å². The standard InChI is InChI=1S/C26H29N3O2S2/c1-3-28-12-6-8-18(28)16-27-26(31)25-20-15-24(23-11-7-13-32-23)33-22-10-5-4-9-19(22)29(20)17(2)14-21(25)30/h4-5,7,9-11,13-14,18,24H,3,6,8,12,15-16H2,1-2H3,(H,27,31)/t18-,24-/m1/s1. The van der Waals surface area contributed by atoms with E-state index in [1.165, 1.54) is 4.88 Å². The number of likely N-dealkylation sites (N-methyl/N-ethyl adjacent to an activating group) is 1. The maximum Gasteiger partial charge on any atom is 0.257 e. The summed E-state index contributed by atoms with van der Waals surface area (Å²) in [6.07, 6.45) is 2.88. The molecule has 0 saturated carbocycles. The van der Waals surface area contributed by atoms with Crippen LogP contribution in [0.1, 0.15) is 51.6 Å². The summed E-state index contributed by atoms with van der Waals surface area (Å²) in [6, 6.07) is 14.5. The van der Waals surface area contributed by atoms with Crippen LogP contribution in [0.4, 0.5) is 0 Å². The number of para-hydroxylation sites is 1. The Morgan fingerprint density at radius 1 is 1.21 bits per heavy atom. The number of pyridine rings is 1.